The number of hydrogen-bond acceptors (Lipinski definition) is 3. The van der Waals surface area contributed by atoms with Crippen LogP contribution in [0, 0.1) is 5.92 Å². The minimum Gasteiger partial charge on any atom is -0.491 e. The standard InChI is InChI=1S/C18H26O3/c19-14(11-13-5-1-2-6-13)12-21-18-10-4-7-15-16(18)8-3-9-17(15)20/h4,7,10,13-14,17,19-20H,1-3,5-6,8-9,11-12H2. The van der Waals surface area contributed by atoms with Crippen molar-refractivity contribution in [2.75, 3.05) is 6.61 Å². The summed E-state index contributed by atoms with van der Waals surface area (Å²) in [4.78, 5) is 0. The minimum atomic E-state index is -0.377. The van der Waals surface area contributed by atoms with Gasteiger partial charge in [-0.05, 0) is 48.8 Å². The fourth-order valence-corrected chi connectivity index (χ4v) is 3.81. The van der Waals surface area contributed by atoms with Gasteiger partial charge >= 0.3 is 0 Å². The van der Waals surface area contributed by atoms with Crippen molar-refractivity contribution in [2.24, 2.45) is 5.92 Å². The lowest BCUT2D eigenvalue weighted by Crippen LogP contribution is -2.21. The van der Waals surface area contributed by atoms with Gasteiger partial charge in [0, 0.05) is 0 Å². The van der Waals surface area contributed by atoms with Gasteiger partial charge in [0.05, 0.1) is 12.2 Å². The average molecular weight is 290 g/mol. The smallest absolute Gasteiger partial charge is 0.122 e. The molecule has 3 rings (SSSR count). The van der Waals surface area contributed by atoms with Crippen LogP contribution in [0.25, 0.3) is 0 Å². The Labute approximate surface area is 127 Å². The van der Waals surface area contributed by atoms with Gasteiger partial charge < -0.3 is 14.9 Å². The molecule has 2 unspecified atom stereocenters. The fourth-order valence-electron chi connectivity index (χ4n) is 3.81. The molecule has 1 fully saturated rings. The van der Waals surface area contributed by atoms with Crippen molar-refractivity contribution in [1.29, 1.82) is 0 Å². The lowest BCUT2D eigenvalue weighted by Gasteiger charge is -2.24. The second-order valence-corrected chi connectivity index (χ2v) is 6.58. The molecule has 2 aliphatic rings. The minimum absolute atomic E-state index is 0.360. The number of aliphatic hydroxyl groups excluding tert-OH is 2. The molecule has 2 atom stereocenters. The van der Waals surface area contributed by atoms with Crippen LogP contribution in [0.15, 0.2) is 18.2 Å². The van der Waals surface area contributed by atoms with E-state index in [0.717, 1.165) is 42.6 Å². The van der Waals surface area contributed by atoms with Gasteiger partial charge in [0.15, 0.2) is 0 Å². The van der Waals surface area contributed by atoms with E-state index < -0.39 is 0 Å². The molecule has 3 heteroatoms. The molecular weight excluding hydrogens is 264 g/mol. The Balaban J connectivity index is 1.58. The highest BCUT2D eigenvalue weighted by Crippen LogP contribution is 2.35. The molecule has 116 valence electrons. The number of ether oxygens (including phenoxy) is 1. The molecule has 0 saturated heterocycles. The van der Waals surface area contributed by atoms with Crippen molar-refractivity contribution in [3.63, 3.8) is 0 Å². The maximum absolute atomic E-state index is 10.2. The molecule has 1 aromatic rings. The lowest BCUT2D eigenvalue weighted by molar-refractivity contribution is 0.0844. The van der Waals surface area contributed by atoms with Gasteiger partial charge in [-0.2, -0.15) is 0 Å². The monoisotopic (exact) mass is 290 g/mol. The van der Waals surface area contributed by atoms with Crippen LogP contribution in [-0.4, -0.2) is 22.9 Å². The van der Waals surface area contributed by atoms with E-state index in [4.69, 9.17) is 4.74 Å². The van der Waals surface area contributed by atoms with Crippen molar-refractivity contribution in [3.05, 3.63) is 29.3 Å². The molecule has 0 radical (unpaired) electrons. The van der Waals surface area contributed by atoms with Gasteiger partial charge in [0.25, 0.3) is 0 Å². The maximum Gasteiger partial charge on any atom is 0.122 e. The van der Waals surface area contributed by atoms with Crippen LogP contribution >= 0.6 is 0 Å². The second-order valence-electron chi connectivity index (χ2n) is 6.58. The fraction of sp³-hybridized carbons (Fsp3) is 0.667. The number of hydrogen-bond donors (Lipinski definition) is 2. The molecule has 2 N–H and O–H groups in total. The first-order valence-corrected chi connectivity index (χ1v) is 8.34. The van der Waals surface area contributed by atoms with Gasteiger partial charge in [-0.3, -0.25) is 0 Å². The van der Waals surface area contributed by atoms with Gasteiger partial charge in [0.1, 0.15) is 12.4 Å². The summed E-state index contributed by atoms with van der Waals surface area (Å²) < 4.78 is 5.86. The van der Waals surface area contributed by atoms with Crippen LogP contribution in [0.2, 0.25) is 0 Å². The van der Waals surface area contributed by atoms with Crippen molar-refractivity contribution < 1.29 is 14.9 Å². The Morgan fingerprint density at radius 1 is 1.14 bits per heavy atom. The molecule has 0 amide bonds. The number of fused-ring (bicyclic) bond motifs is 1. The first-order chi connectivity index (χ1) is 10.2. The summed E-state index contributed by atoms with van der Waals surface area (Å²) in [5, 5.41) is 20.2. The zero-order chi connectivity index (χ0) is 14.7. The summed E-state index contributed by atoms with van der Waals surface area (Å²) in [6.07, 6.45) is 8.04. The highest BCUT2D eigenvalue weighted by atomic mass is 16.5. The third-order valence-corrected chi connectivity index (χ3v) is 4.94. The van der Waals surface area contributed by atoms with Crippen LogP contribution in [0.3, 0.4) is 0 Å². The van der Waals surface area contributed by atoms with Crippen molar-refractivity contribution in [3.8, 4) is 5.75 Å². The largest absolute Gasteiger partial charge is 0.491 e. The number of aliphatic hydroxyl groups is 2. The van der Waals surface area contributed by atoms with E-state index in [-0.39, 0.29) is 12.2 Å². The summed E-state index contributed by atoms with van der Waals surface area (Å²) in [6, 6.07) is 5.88. The molecule has 0 spiro atoms. The summed E-state index contributed by atoms with van der Waals surface area (Å²) in [6.45, 7) is 0.364. The molecule has 1 aromatic carbocycles. The Morgan fingerprint density at radius 3 is 2.76 bits per heavy atom. The normalized spacial score (nSPS) is 23.8. The highest BCUT2D eigenvalue weighted by molar-refractivity contribution is 5.42. The van der Waals surface area contributed by atoms with Crippen molar-refractivity contribution in [2.45, 2.75) is 63.6 Å². The lowest BCUT2D eigenvalue weighted by atomic mass is 9.89. The van der Waals surface area contributed by atoms with Crippen LogP contribution in [-0.2, 0) is 6.42 Å². The number of benzene rings is 1. The van der Waals surface area contributed by atoms with E-state index in [0.29, 0.717) is 12.5 Å². The third-order valence-electron chi connectivity index (χ3n) is 4.94. The summed E-state index contributed by atoms with van der Waals surface area (Å²) in [5.74, 6) is 1.52. The molecule has 1 saturated carbocycles. The maximum atomic E-state index is 10.2. The molecule has 0 aliphatic heterocycles. The van der Waals surface area contributed by atoms with Gasteiger partial charge in [-0.15, -0.1) is 0 Å². The Morgan fingerprint density at radius 2 is 1.95 bits per heavy atom. The Kier molecular flexibility index (Phi) is 4.81. The average Bonchev–Trinajstić information content (AvgIpc) is 2.98. The molecule has 0 aromatic heterocycles. The molecule has 0 bridgehead atoms. The van der Waals surface area contributed by atoms with Crippen LogP contribution in [0.5, 0.6) is 5.75 Å². The van der Waals surface area contributed by atoms with E-state index in [9.17, 15) is 10.2 Å². The van der Waals surface area contributed by atoms with Gasteiger partial charge in [-0.25, -0.2) is 0 Å². The molecule has 2 aliphatic carbocycles. The SMILES string of the molecule is OC(COc1cccc2c1CCCC2O)CC1CCCC1. The van der Waals surface area contributed by atoms with Crippen molar-refractivity contribution >= 4 is 0 Å². The first kappa shape index (κ1) is 14.9. The van der Waals surface area contributed by atoms with E-state index >= 15 is 0 Å². The Bertz CT molecular complexity index is 466. The molecule has 21 heavy (non-hydrogen) atoms. The van der Waals surface area contributed by atoms with Gasteiger partial charge in [-0.1, -0.05) is 37.8 Å². The summed E-state index contributed by atoms with van der Waals surface area (Å²) in [5.41, 5.74) is 2.13. The van der Waals surface area contributed by atoms with E-state index in [1.807, 2.05) is 18.2 Å². The van der Waals surface area contributed by atoms with Crippen molar-refractivity contribution in [1.82, 2.24) is 0 Å². The highest BCUT2D eigenvalue weighted by Gasteiger charge is 2.22. The van der Waals surface area contributed by atoms with Crippen LogP contribution < -0.4 is 4.74 Å². The van der Waals surface area contributed by atoms with Crippen LogP contribution in [0.1, 0.15) is 62.2 Å². The zero-order valence-electron chi connectivity index (χ0n) is 12.6. The predicted molar refractivity (Wildman–Crippen MR) is 82.4 cm³/mol. The molecular formula is C18H26O3. The quantitative estimate of drug-likeness (QED) is 0.874. The zero-order valence-corrected chi connectivity index (χ0v) is 12.6. The molecule has 3 nitrogen and oxygen atoms in total. The third kappa shape index (κ3) is 3.58. The first-order valence-electron chi connectivity index (χ1n) is 8.34. The van der Waals surface area contributed by atoms with Crippen LogP contribution in [0.4, 0.5) is 0 Å². The van der Waals surface area contributed by atoms with E-state index in [1.165, 1.54) is 25.7 Å². The van der Waals surface area contributed by atoms with Gasteiger partial charge in [0.2, 0.25) is 0 Å². The summed E-state index contributed by atoms with van der Waals surface area (Å²) in [7, 11) is 0. The predicted octanol–water partition coefficient (Wildman–Crippen LogP) is 3.38. The summed E-state index contributed by atoms with van der Waals surface area (Å²) >= 11 is 0. The Hall–Kier alpha value is -1.06. The topological polar surface area (TPSA) is 49.7 Å². The van der Waals surface area contributed by atoms with E-state index in [1.54, 1.807) is 0 Å². The van der Waals surface area contributed by atoms with E-state index in [2.05, 4.69) is 0 Å². The second kappa shape index (κ2) is 6.80. The number of rotatable bonds is 5. The molecule has 0 heterocycles.